The summed E-state index contributed by atoms with van der Waals surface area (Å²) < 4.78 is 24.3. The monoisotopic (exact) mass is 282 g/mol. The maximum Gasteiger partial charge on any atom is 0.167 e. The first-order chi connectivity index (χ1) is 9.54. The van der Waals surface area contributed by atoms with Gasteiger partial charge in [-0.15, -0.1) is 0 Å². The maximum absolute atomic E-state index is 13.6. The lowest BCUT2D eigenvalue weighted by Gasteiger charge is -2.34. The fourth-order valence-electron chi connectivity index (χ4n) is 2.34. The molecule has 112 valence electrons. The molecule has 0 atom stereocenters. The largest absolute Gasteiger partial charge is 0.491 e. The summed E-state index contributed by atoms with van der Waals surface area (Å²) in [7, 11) is 0. The van der Waals surface area contributed by atoms with Gasteiger partial charge in [-0.25, -0.2) is 4.39 Å². The van der Waals surface area contributed by atoms with Crippen molar-refractivity contribution in [2.75, 3.05) is 37.4 Å². The van der Waals surface area contributed by atoms with Crippen LogP contribution in [0.4, 0.5) is 15.8 Å². The highest BCUT2D eigenvalue weighted by atomic mass is 19.1. The van der Waals surface area contributed by atoms with E-state index in [2.05, 4.69) is 12.2 Å². The molecule has 3 N–H and O–H groups in total. The number of nitrogen functional groups attached to an aromatic ring is 1. The average Bonchev–Trinajstić information content (AvgIpc) is 2.41. The highest BCUT2D eigenvalue weighted by Gasteiger charge is 2.27. The van der Waals surface area contributed by atoms with Gasteiger partial charge >= 0.3 is 0 Å². The minimum Gasteiger partial charge on any atom is -0.491 e. The molecule has 5 heteroatoms. The van der Waals surface area contributed by atoms with Crippen molar-refractivity contribution in [1.82, 2.24) is 0 Å². The molecule has 2 rings (SSSR count). The summed E-state index contributed by atoms with van der Waals surface area (Å²) in [5.41, 5.74) is 7.18. The number of rotatable bonds is 5. The Bertz CT molecular complexity index is 459. The molecule has 0 aromatic heterocycles. The predicted molar refractivity (Wildman–Crippen MR) is 78.6 cm³/mol. The van der Waals surface area contributed by atoms with Crippen LogP contribution in [0.1, 0.15) is 26.7 Å². The molecule has 0 radical (unpaired) electrons. The lowest BCUT2D eigenvalue weighted by molar-refractivity contribution is 0.0300. The van der Waals surface area contributed by atoms with Crippen LogP contribution < -0.4 is 15.8 Å². The highest BCUT2D eigenvalue weighted by Crippen LogP contribution is 2.33. The lowest BCUT2D eigenvalue weighted by atomic mass is 9.82. The molecule has 1 fully saturated rings. The second-order valence-corrected chi connectivity index (χ2v) is 5.58. The molecule has 20 heavy (non-hydrogen) atoms. The third-order valence-electron chi connectivity index (χ3n) is 3.81. The number of benzene rings is 1. The standard InChI is InChI=1S/C15H23FN2O2/c1-3-20-14-9-13(12(17)8-11(14)16)18-10-15(2)4-6-19-7-5-15/h8-9,18H,3-7,10,17H2,1-2H3. The number of nitrogens with two attached hydrogens (primary N) is 1. The van der Waals surface area contributed by atoms with Crippen molar-refractivity contribution in [3.05, 3.63) is 17.9 Å². The predicted octanol–water partition coefficient (Wildman–Crippen LogP) is 3.04. The Morgan fingerprint density at radius 2 is 2.10 bits per heavy atom. The van der Waals surface area contributed by atoms with Gasteiger partial charge in [0.25, 0.3) is 0 Å². The molecule has 1 aromatic rings. The average molecular weight is 282 g/mol. The number of anilines is 2. The Morgan fingerprint density at radius 3 is 2.75 bits per heavy atom. The summed E-state index contributed by atoms with van der Waals surface area (Å²) in [6.07, 6.45) is 2.03. The third kappa shape index (κ3) is 3.54. The first kappa shape index (κ1) is 14.9. The van der Waals surface area contributed by atoms with Gasteiger partial charge in [0.1, 0.15) is 0 Å². The van der Waals surface area contributed by atoms with Crippen molar-refractivity contribution in [3.8, 4) is 5.75 Å². The fourth-order valence-corrected chi connectivity index (χ4v) is 2.34. The Balaban J connectivity index is 2.06. The van der Waals surface area contributed by atoms with Crippen molar-refractivity contribution in [1.29, 1.82) is 0 Å². The Hall–Kier alpha value is -1.49. The van der Waals surface area contributed by atoms with Crippen LogP contribution in [0.2, 0.25) is 0 Å². The van der Waals surface area contributed by atoms with Gasteiger partial charge in [-0.3, -0.25) is 0 Å². The zero-order chi connectivity index (χ0) is 14.6. The van der Waals surface area contributed by atoms with E-state index in [1.165, 1.54) is 6.07 Å². The van der Waals surface area contributed by atoms with Gasteiger partial charge < -0.3 is 20.5 Å². The SMILES string of the molecule is CCOc1cc(NCC2(C)CCOCC2)c(N)cc1F. The van der Waals surface area contributed by atoms with E-state index in [1.807, 2.05) is 6.92 Å². The summed E-state index contributed by atoms with van der Waals surface area (Å²) in [5.74, 6) is -0.187. The second-order valence-electron chi connectivity index (χ2n) is 5.58. The van der Waals surface area contributed by atoms with Crippen LogP contribution in [0.15, 0.2) is 12.1 Å². The van der Waals surface area contributed by atoms with Gasteiger partial charge in [0.05, 0.1) is 18.0 Å². The molecule has 4 nitrogen and oxygen atoms in total. The minimum absolute atomic E-state index is 0.185. The zero-order valence-corrected chi connectivity index (χ0v) is 12.2. The molecule has 1 aliphatic rings. The van der Waals surface area contributed by atoms with E-state index < -0.39 is 5.82 Å². The third-order valence-corrected chi connectivity index (χ3v) is 3.81. The summed E-state index contributed by atoms with van der Waals surface area (Å²) >= 11 is 0. The number of nitrogens with one attached hydrogen (secondary N) is 1. The van der Waals surface area contributed by atoms with Crippen LogP contribution in [0.5, 0.6) is 5.75 Å². The number of halogens is 1. The van der Waals surface area contributed by atoms with Gasteiger partial charge in [0, 0.05) is 31.9 Å². The first-order valence-corrected chi connectivity index (χ1v) is 7.07. The molecule has 1 heterocycles. The molecular weight excluding hydrogens is 259 g/mol. The number of hydrogen-bond acceptors (Lipinski definition) is 4. The van der Waals surface area contributed by atoms with Crippen LogP contribution in [0.3, 0.4) is 0 Å². The molecule has 0 spiro atoms. The lowest BCUT2D eigenvalue weighted by Crippen LogP contribution is -2.33. The smallest absolute Gasteiger partial charge is 0.167 e. The normalized spacial score (nSPS) is 17.8. The van der Waals surface area contributed by atoms with E-state index in [9.17, 15) is 4.39 Å². The van der Waals surface area contributed by atoms with E-state index in [0.717, 1.165) is 38.3 Å². The molecule has 1 aromatic carbocycles. The van der Waals surface area contributed by atoms with Gasteiger partial charge in [-0.1, -0.05) is 6.92 Å². The van der Waals surface area contributed by atoms with E-state index in [-0.39, 0.29) is 11.2 Å². The van der Waals surface area contributed by atoms with Crippen LogP contribution in [0.25, 0.3) is 0 Å². The first-order valence-electron chi connectivity index (χ1n) is 7.07. The van der Waals surface area contributed by atoms with E-state index in [0.29, 0.717) is 12.3 Å². The van der Waals surface area contributed by atoms with Crippen molar-refractivity contribution in [2.24, 2.45) is 5.41 Å². The Morgan fingerprint density at radius 1 is 1.40 bits per heavy atom. The molecule has 1 aliphatic heterocycles. The van der Waals surface area contributed by atoms with Crippen LogP contribution in [-0.2, 0) is 4.74 Å². The molecule has 0 saturated carbocycles. The summed E-state index contributed by atoms with van der Waals surface area (Å²) in [4.78, 5) is 0. The van der Waals surface area contributed by atoms with Crippen LogP contribution >= 0.6 is 0 Å². The van der Waals surface area contributed by atoms with Crippen molar-refractivity contribution < 1.29 is 13.9 Å². The highest BCUT2D eigenvalue weighted by molar-refractivity contribution is 5.68. The van der Waals surface area contributed by atoms with Crippen LogP contribution in [0, 0.1) is 11.2 Å². The van der Waals surface area contributed by atoms with E-state index >= 15 is 0 Å². The number of ether oxygens (including phenoxy) is 2. The Labute approximate surface area is 119 Å². The topological polar surface area (TPSA) is 56.5 Å². The quantitative estimate of drug-likeness (QED) is 0.815. The summed E-state index contributed by atoms with van der Waals surface area (Å²) in [6.45, 7) is 6.85. The van der Waals surface area contributed by atoms with Crippen molar-refractivity contribution in [3.63, 3.8) is 0 Å². The molecular formula is C15H23FN2O2. The zero-order valence-electron chi connectivity index (χ0n) is 12.2. The van der Waals surface area contributed by atoms with Gasteiger partial charge in [-0.05, 0) is 25.2 Å². The molecule has 0 unspecified atom stereocenters. The van der Waals surface area contributed by atoms with E-state index in [1.54, 1.807) is 6.07 Å². The summed E-state index contributed by atoms with van der Waals surface area (Å²) in [5, 5.41) is 3.32. The Kier molecular flexibility index (Phi) is 4.70. The number of hydrogen-bond donors (Lipinski definition) is 2. The van der Waals surface area contributed by atoms with Crippen molar-refractivity contribution in [2.45, 2.75) is 26.7 Å². The van der Waals surface area contributed by atoms with Gasteiger partial charge in [0.2, 0.25) is 0 Å². The molecule has 0 amide bonds. The molecule has 1 saturated heterocycles. The molecule has 0 bridgehead atoms. The fraction of sp³-hybridized carbons (Fsp3) is 0.600. The van der Waals surface area contributed by atoms with E-state index in [4.69, 9.17) is 15.2 Å². The minimum atomic E-state index is -0.424. The second kappa shape index (κ2) is 6.31. The summed E-state index contributed by atoms with van der Waals surface area (Å²) in [6, 6.07) is 2.94. The molecule has 0 aliphatic carbocycles. The van der Waals surface area contributed by atoms with Gasteiger partial charge in [-0.2, -0.15) is 0 Å². The maximum atomic E-state index is 13.6. The van der Waals surface area contributed by atoms with Crippen LogP contribution in [-0.4, -0.2) is 26.4 Å². The van der Waals surface area contributed by atoms with Crippen molar-refractivity contribution >= 4 is 11.4 Å². The van der Waals surface area contributed by atoms with Gasteiger partial charge in [0.15, 0.2) is 11.6 Å².